The third-order valence-electron chi connectivity index (χ3n) is 3.22. The van der Waals surface area contributed by atoms with E-state index in [1.807, 2.05) is 0 Å². The van der Waals surface area contributed by atoms with Gasteiger partial charge in [0.05, 0.1) is 0 Å². The third-order valence-corrected chi connectivity index (χ3v) is 3.22. The highest BCUT2D eigenvalue weighted by molar-refractivity contribution is 5.64. The van der Waals surface area contributed by atoms with E-state index in [0.717, 1.165) is 25.4 Å². The minimum atomic E-state index is 0.720. The van der Waals surface area contributed by atoms with Crippen molar-refractivity contribution in [2.75, 3.05) is 13.1 Å². The summed E-state index contributed by atoms with van der Waals surface area (Å²) in [6.07, 6.45) is 5.83. The predicted octanol–water partition coefficient (Wildman–Crippen LogP) is 4.68. The van der Waals surface area contributed by atoms with E-state index in [1.165, 1.54) is 29.5 Å². The molecule has 0 heterocycles. The zero-order chi connectivity index (χ0) is 14.1. The first-order chi connectivity index (χ1) is 9.13. The lowest BCUT2D eigenvalue weighted by atomic mass is 9.98. The Bertz CT molecular complexity index is 390. The van der Waals surface area contributed by atoms with E-state index in [9.17, 15) is 0 Å². The van der Waals surface area contributed by atoms with Crippen LogP contribution < -0.4 is 5.32 Å². The Hall–Kier alpha value is -1.08. The van der Waals surface area contributed by atoms with Gasteiger partial charge in [0.25, 0.3) is 0 Å². The van der Waals surface area contributed by atoms with Crippen LogP contribution in [0.25, 0.3) is 5.57 Å². The van der Waals surface area contributed by atoms with Crippen molar-refractivity contribution in [1.82, 2.24) is 5.32 Å². The Morgan fingerprint density at radius 1 is 1.26 bits per heavy atom. The highest BCUT2D eigenvalue weighted by Crippen LogP contribution is 2.17. The van der Waals surface area contributed by atoms with Gasteiger partial charge in [-0.05, 0) is 61.9 Å². The van der Waals surface area contributed by atoms with Gasteiger partial charge < -0.3 is 5.32 Å². The Morgan fingerprint density at radius 2 is 2.05 bits per heavy atom. The maximum absolute atomic E-state index is 3.43. The van der Waals surface area contributed by atoms with Crippen LogP contribution in [0.1, 0.15) is 51.7 Å². The second-order valence-corrected chi connectivity index (χ2v) is 5.72. The van der Waals surface area contributed by atoms with Gasteiger partial charge in [0.1, 0.15) is 0 Å². The highest BCUT2D eigenvalue weighted by Gasteiger charge is 2.00. The first-order valence-electron chi connectivity index (χ1n) is 7.60. The van der Waals surface area contributed by atoms with Crippen molar-refractivity contribution in [3.63, 3.8) is 0 Å². The molecular formula is C18H29N. The summed E-state index contributed by atoms with van der Waals surface area (Å²) in [6.45, 7) is 11.2. The van der Waals surface area contributed by atoms with Crippen molar-refractivity contribution in [1.29, 1.82) is 0 Å². The molecule has 0 radical (unpaired) electrons. The van der Waals surface area contributed by atoms with Gasteiger partial charge in [-0.2, -0.15) is 0 Å². The van der Waals surface area contributed by atoms with Crippen molar-refractivity contribution in [3.05, 3.63) is 41.5 Å². The van der Waals surface area contributed by atoms with E-state index in [1.54, 1.807) is 0 Å². The summed E-state index contributed by atoms with van der Waals surface area (Å²) in [5.41, 5.74) is 4.21. The summed E-state index contributed by atoms with van der Waals surface area (Å²) in [6, 6.07) is 8.97. The first-order valence-corrected chi connectivity index (χ1v) is 7.60. The van der Waals surface area contributed by atoms with Gasteiger partial charge in [-0.3, -0.25) is 0 Å². The maximum Gasteiger partial charge on any atom is -0.00141 e. The lowest BCUT2D eigenvalue weighted by molar-refractivity contribution is 0.647. The van der Waals surface area contributed by atoms with Gasteiger partial charge in [-0.1, -0.05) is 51.1 Å². The highest BCUT2D eigenvalue weighted by atomic mass is 14.8. The molecule has 1 nitrogen and oxygen atoms in total. The Labute approximate surface area is 119 Å². The van der Waals surface area contributed by atoms with E-state index in [0.29, 0.717) is 0 Å². The topological polar surface area (TPSA) is 12.0 Å². The van der Waals surface area contributed by atoms with E-state index < -0.39 is 0 Å². The summed E-state index contributed by atoms with van der Waals surface area (Å²) < 4.78 is 0. The molecule has 0 aliphatic carbocycles. The maximum atomic E-state index is 3.43. The standard InChI is InChI=1S/C18H29N/c1-5-11-19-12-7-8-16(4)18-10-6-9-17(14-18)13-15(2)3/h6,8-10,14-15,19H,5,7,11-13H2,1-4H3/b16-8-. The van der Waals surface area contributed by atoms with E-state index >= 15 is 0 Å². The minimum Gasteiger partial charge on any atom is -0.316 e. The second-order valence-electron chi connectivity index (χ2n) is 5.72. The molecule has 0 bridgehead atoms. The zero-order valence-electron chi connectivity index (χ0n) is 13.0. The molecule has 1 aromatic carbocycles. The van der Waals surface area contributed by atoms with Crippen LogP contribution in [-0.4, -0.2) is 13.1 Å². The Balaban J connectivity index is 2.55. The van der Waals surface area contributed by atoms with Gasteiger partial charge in [-0.25, -0.2) is 0 Å². The van der Waals surface area contributed by atoms with E-state index in [-0.39, 0.29) is 0 Å². The van der Waals surface area contributed by atoms with Crippen molar-refractivity contribution >= 4 is 5.57 Å². The lowest BCUT2D eigenvalue weighted by Gasteiger charge is -2.08. The van der Waals surface area contributed by atoms with Crippen molar-refractivity contribution in [3.8, 4) is 0 Å². The van der Waals surface area contributed by atoms with Crippen molar-refractivity contribution in [2.24, 2.45) is 5.92 Å². The average Bonchev–Trinajstić information content (AvgIpc) is 2.38. The van der Waals surface area contributed by atoms with Crippen molar-refractivity contribution < 1.29 is 0 Å². The van der Waals surface area contributed by atoms with Gasteiger partial charge in [0.2, 0.25) is 0 Å². The molecule has 0 saturated carbocycles. The normalized spacial score (nSPS) is 12.2. The molecule has 0 aliphatic rings. The summed E-state index contributed by atoms with van der Waals surface area (Å²) in [4.78, 5) is 0. The monoisotopic (exact) mass is 259 g/mol. The molecule has 0 atom stereocenters. The summed E-state index contributed by atoms with van der Waals surface area (Å²) in [5.74, 6) is 0.720. The van der Waals surface area contributed by atoms with Crippen molar-refractivity contribution in [2.45, 2.75) is 47.0 Å². The van der Waals surface area contributed by atoms with E-state index in [4.69, 9.17) is 0 Å². The molecule has 0 fully saturated rings. The third kappa shape index (κ3) is 6.58. The largest absolute Gasteiger partial charge is 0.316 e. The zero-order valence-corrected chi connectivity index (χ0v) is 13.0. The predicted molar refractivity (Wildman–Crippen MR) is 86.4 cm³/mol. The second kappa shape index (κ2) is 8.92. The molecule has 0 spiro atoms. The summed E-state index contributed by atoms with van der Waals surface area (Å²) in [5, 5.41) is 3.43. The molecule has 1 heteroatoms. The van der Waals surface area contributed by atoms with Crippen LogP contribution >= 0.6 is 0 Å². The molecule has 0 aliphatic heterocycles. The molecule has 0 unspecified atom stereocenters. The van der Waals surface area contributed by atoms with E-state index in [2.05, 4.69) is 63.4 Å². The Kier molecular flexibility index (Phi) is 7.50. The van der Waals surface area contributed by atoms with Crippen LogP contribution in [0.3, 0.4) is 0 Å². The molecule has 1 rings (SSSR count). The molecule has 0 aromatic heterocycles. The van der Waals surface area contributed by atoms with Crippen LogP contribution in [0.15, 0.2) is 30.3 Å². The SMILES string of the molecule is CCCNCC/C=C(/C)c1cccc(CC(C)C)c1. The Morgan fingerprint density at radius 3 is 2.74 bits per heavy atom. The summed E-state index contributed by atoms with van der Waals surface area (Å²) >= 11 is 0. The molecule has 106 valence electrons. The lowest BCUT2D eigenvalue weighted by Crippen LogP contribution is -2.15. The minimum absolute atomic E-state index is 0.720. The number of rotatable bonds is 8. The molecule has 19 heavy (non-hydrogen) atoms. The van der Waals surface area contributed by atoms with Crippen LogP contribution in [0.5, 0.6) is 0 Å². The van der Waals surface area contributed by atoms with Crippen LogP contribution in [-0.2, 0) is 6.42 Å². The molecule has 1 aromatic rings. The average molecular weight is 259 g/mol. The van der Waals surface area contributed by atoms with Crippen LogP contribution in [0.2, 0.25) is 0 Å². The quantitative estimate of drug-likeness (QED) is 0.668. The number of allylic oxidation sites excluding steroid dienone is 1. The smallest absolute Gasteiger partial charge is 0.00141 e. The first kappa shape index (κ1) is 16.0. The molecular weight excluding hydrogens is 230 g/mol. The molecule has 0 amide bonds. The van der Waals surface area contributed by atoms with Crippen LogP contribution in [0, 0.1) is 5.92 Å². The van der Waals surface area contributed by atoms with Gasteiger partial charge >= 0.3 is 0 Å². The number of nitrogens with one attached hydrogen (secondary N) is 1. The molecule has 0 saturated heterocycles. The fourth-order valence-electron chi connectivity index (χ4n) is 2.23. The van der Waals surface area contributed by atoms with Gasteiger partial charge in [0.15, 0.2) is 0 Å². The number of hydrogen-bond acceptors (Lipinski definition) is 1. The fourth-order valence-corrected chi connectivity index (χ4v) is 2.23. The number of hydrogen-bond donors (Lipinski definition) is 1. The number of benzene rings is 1. The fraction of sp³-hybridized carbons (Fsp3) is 0.556. The van der Waals surface area contributed by atoms with Gasteiger partial charge in [0, 0.05) is 0 Å². The van der Waals surface area contributed by atoms with Crippen LogP contribution in [0.4, 0.5) is 0 Å². The molecule has 1 N–H and O–H groups in total. The van der Waals surface area contributed by atoms with Gasteiger partial charge in [-0.15, -0.1) is 0 Å². The summed E-state index contributed by atoms with van der Waals surface area (Å²) in [7, 11) is 0.